The minimum Gasteiger partial charge on any atom is -0.317 e. The first kappa shape index (κ1) is 9.69. The molecule has 0 spiro atoms. The number of nitrogens with one attached hydrogen (secondary N) is 1. The maximum Gasteiger partial charge on any atom is 0.369 e. The normalized spacial score (nSPS) is 23.1. The van der Waals surface area contributed by atoms with Gasteiger partial charge in [-0.05, 0) is 19.4 Å². The van der Waals surface area contributed by atoms with Gasteiger partial charge in [0.25, 0.3) is 4.44 Å². The zero-order valence-electron chi connectivity index (χ0n) is 6.12. The Labute approximate surface area is 71.8 Å². The van der Waals surface area contributed by atoms with Crippen molar-refractivity contribution in [3.05, 3.63) is 0 Å². The number of hydrogen-bond donors (Lipinski definition) is 1. The fraction of sp³-hybridized carbons (Fsp3) is 0.800. The Balaban J connectivity index is 2.18. The Morgan fingerprint density at radius 3 is 2.83 bits per heavy atom. The van der Waals surface area contributed by atoms with E-state index >= 15 is 0 Å². The first-order chi connectivity index (χ1) is 5.70. The Morgan fingerprint density at radius 2 is 2.33 bits per heavy atom. The van der Waals surface area contributed by atoms with Gasteiger partial charge in [-0.2, -0.15) is 0 Å². The molecule has 1 saturated heterocycles. The van der Waals surface area contributed by atoms with Gasteiger partial charge in [-0.25, -0.2) is 9.68 Å². The van der Waals surface area contributed by atoms with Gasteiger partial charge in [-0.1, -0.05) is 0 Å². The maximum atomic E-state index is 10.9. The third-order valence-electron chi connectivity index (χ3n) is 1.51. The number of rotatable bonds is 3. The van der Waals surface area contributed by atoms with Crippen LogP contribution in [-0.4, -0.2) is 18.6 Å². The predicted octanol–water partition coefficient (Wildman–Crippen LogP) is -2.70. The van der Waals surface area contributed by atoms with Crippen LogP contribution in [0, 0.1) is 10.8 Å². The number of halogens is 1. The lowest BCUT2D eigenvalue weighted by Crippen LogP contribution is -2.38. The molecule has 1 fully saturated rings. The Hall–Kier alpha value is -0.400. The molecule has 0 saturated carbocycles. The quantitative estimate of drug-likeness (QED) is 0.391. The largest absolute Gasteiger partial charge is 0.369 e. The highest BCUT2D eigenvalue weighted by molar-refractivity contribution is 5.75. The van der Waals surface area contributed by atoms with Crippen molar-refractivity contribution in [2.24, 2.45) is 0 Å². The Bertz CT molecular complexity index is 158. The smallest absolute Gasteiger partial charge is 0.317 e. The van der Waals surface area contributed by atoms with Gasteiger partial charge in [0.2, 0.25) is 0 Å². The number of carbonyl (C=O) groups excluding carboxylic acids is 1. The van der Waals surface area contributed by atoms with Crippen LogP contribution in [-0.2, 0) is 14.1 Å². The third kappa shape index (κ3) is 2.92. The highest BCUT2D eigenvalue weighted by Gasteiger charge is 2.27. The number of carbonyl (C=O) groups is 1. The lowest BCUT2D eigenvalue weighted by molar-refractivity contribution is -1.64. The van der Waals surface area contributed by atoms with E-state index in [-0.39, 0.29) is 0 Å². The van der Waals surface area contributed by atoms with E-state index in [9.17, 15) is 14.1 Å². The fourth-order valence-corrected chi connectivity index (χ4v) is 1.11. The Morgan fingerprint density at radius 1 is 1.58 bits per heavy atom. The van der Waals surface area contributed by atoms with Gasteiger partial charge >= 0.3 is 16.8 Å². The summed E-state index contributed by atoms with van der Waals surface area (Å²) in [4.78, 5) is 14.8. The van der Waals surface area contributed by atoms with Gasteiger partial charge in [-0.15, -0.1) is 0 Å². The van der Waals surface area contributed by atoms with Gasteiger partial charge in [0.15, 0.2) is 0 Å². The van der Waals surface area contributed by atoms with Gasteiger partial charge in [0, 0.05) is 0 Å². The van der Waals surface area contributed by atoms with Crippen molar-refractivity contribution in [2.45, 2.75) is 18.9 Å². The highest BCUT2D eigenvalue weighted by atomic mass is 35.6. The molecule has 0 aromatic heterocycles. The minimum atomic E-state index is -2.50. The first-order valence-electron chi connectivity index (χ1n) is 3.38. The minimum absolute atomic E-state index is 0.442. The molecule has 1 aliphatic rings. The molecule has 0 unspecified atom stereocenters. The van der Waals surface area contributed by atoms with Crippen molar-refractivity contribution in [1.82, 2.24) is 5.32 Å². The summed E-state index contributed by atoms with van der Waals surface area (Å²) in [5.74, 6) is -0.707. The summed E-state index contributed by atoms with van der Waals surface area (Å²) in [6.45, 7) is 0.733. The molecule has 0 radical (unpaired) electrons. The van der Waals surface area contributed by atoms with E-state index in [1.807, 2.05) is 0 Å². The van der Waals surface area contributed by atoms with Crippen molar-refractivity contribution < 1.29 is 34.2 Å². The molecule has 70 valence electrons. The van der Waals surface area contributed by atoms with E-state index in [4.69, 9.17) is 0 Å². The molecule has 0 bridgehead atoms. The fourth-order valence-electron chi connectivity index (χ4n) is 1.00. The average molecular weight is 198 g/mol. The van der Waals surface area contributed by atoms with E-state index in [2.05, 4.69) is 14.6 Å². The van der Waals surface area contributed by atoms with Crippen LogP contribution in [0.1, 0.15) is 12.8 Å². The molecule has 1 N–H and O–H groups in total. The lowest BCUT2D eigenvalue weighted by atomic mass is 10.2. The second-order valence-corrected chi connectivity index (χ2v) is 2.81. The first-order valence-corrected chi connectivity index (χ1v) is 4.30. The molecule has 0 aliphatic carbocycles. The van der Waals surface area contributed by atoms with E-state index in [0.29, 0.717) is 6.42 Å². The van der Waals surface area contributed by atoms with Crippen molar-refractivity contribution in [3.8, 4) is 0 Å². The summed E-state index contributed by atoms with van der Waals surface area (Å²) in [5, 5.41) is 2.82. The molecular formula is C5H8ClNO5. The standard InChI is InChI=1S/C5H8ClNO5/c8-5(11-12-6(9)10)4-2-1-3-7-4/h4,7H,1-3H2/t4-/m0/s1. The summed E-state index contributed by atoms with van der Waals surface area (Å²) < 4.78 is 23.1. The van der Waals surface area contributed by atoms with Gasteiger partial charge < -0.3 is 14.6 Å². The van der Waals surface area contributed by atoms with Crippen LogP contribution < -0.4 is 14.6 Å². The van der Waals surface area contributed by atoms with Crippen LogP contribution in [0.4, 0.5) is 0 Å². The summed E-state index contributed by atoms with van der Waals surface area (Å²) in [6, 6.07) is -0.442. The van der Waals surface area contributed by atoms with Crippen LogP contribution in [0.3, 0.4) is 0 Å². The molecule has 0 amide bonds. The highest BCUT2D eigenvalue weighted by Crippen LogP contribution is 2.06. The molecule has 12 heavy (non-hydrogen) atoms. The molecule has 7 heteroatoms. The molecule has 1 rings (SSSR count). The summed E-state index contributed by atoms with van der Waals surface area (Å²) in [7, 11) is -2.50. The summed E-state index contributed by atoms with van der Waals surface area (Å²) in [5.41, 5.74) is 0. The zero-order valence-corrected chi connectivity index (χ0v) is 6.87. The van der Waals surface area contributed by atoms with Crippen molar-refractivity contribution in [3.63, 3.8) is 0 Å². The van der Waals surface area contributed by atoms with Crippen LogP contribution in [0.25, 0.3) is 0 Å². The van der Waals surface area contributed by atoms with Crippen molar-refractivity contribution in [1.29, 1.82) is 0 Å². The topological polar surface area (TPSA) is 93.7 Å². The van der Waals surface area contributed by atoms with E-state index in [1.165, 1.54) is 0 Å². The Kier molecular flexibility index (Phi) is 3.70. The lowest BCUT2D eigenvalue weighted by Gasteiger charge is -2.03. The zero-order chi connectivity index (χ0) is 8.97. The second kappa shape index (κ2) is 4.58. The van der Waals surface area contributed by atoms with E-state index in [0.717, 1.165) is 13.0 Å². The van der Waals surface area contributed by atoms with Gasteiger partial charge in [0.05, 0.1) is 0 Å². The summed E-state index contributed by atoms with van der Waals surface area (Å²) in [6.07, 6.45) is 1.51. The van der Waals surface area contributed by atoms with Crippen LogP contribution >= 0.6 is 0 Å². The van der Waals surface area contributed by atoms with Gasteiger partial charge in [0.1, 0.15) is 6.04 Å². The molecular weight excluding hydrogens is 190 g/mol. The maximum absolute atomic E-state index is 10.9. The second-order valence-electron chi connectivity index (χ2n) is 2.30. The molecule has 1 aliphatic heterocycles. The third-order valence-corrected chi connectivity index (χ3v) is 1.68. The SMILES string of the molecule is O=C(OO[Cl+2]([O-])[O-])[C@@H]1CCCN1. The van der Waals surface area contributed by atoms with Gasteiger partial charge in [-0.3, -0.25) is 0 Å². The predicted molar refractivity (Wildman–Crippen MR) is 28.2 cm³/mol. The van der Waals surface area contributed by atoms with Crippen molar-refractivity contribution >= 4 is 5.97 Å². The summed E-state index contributed by atoms with van der Waals surface area (Å²) >= 11 is 0. The van der Waals surface area contributed by atoms with Crippen molar-refractivity contribution in [2.75, 3.05) is 6.54 Å². The van der Waals surface area contributed by atoms with Crippen LogP contribution in [0.2, 0.25) is 0 Å². The van der Waals surface area contributed by atoms with Crippen LogP contribution in [0.5, 0.6) is 0 Å². The van der Waals surface area contributed by atoms with E-state index < -0.39 is 22.8 Å². The van der Waals surface area contributed by atoms with E-state index in [1.54, 1.807) is 0 Å². The molecule has 0 aromatic carbocycles. The van der Waals surface area contributed by atoms with Crippen LogP contribution in [0.15, 0.2) is 0 Å². The molecule has 6 nitrogen and oxygen atoms in total. The average Bonchev–Trinajstić information content (AvgIpc) is 2.51. The molecule has 0 aromatic rings. The number of hydrogen-bond acceptors (Lipinski definition) is 6. The molecule has 1 atom stereocenters. The monoisotopic (exact) mass is 197 g/mol. The molecule has 1 heterocycles.